The summed E-state index contributed by atoms with van der Waals surface area (Å²) in [7, 11) is 4.46. The number of likely N-dealkylation sites (N-methyl/N-ethyl adjacent to an activating group) is 2. The van der Waals surface area contributed by atoms with E-state index in [-0.39, 0.29) is 0 Å². The minimum absolute atomic E-state index is 0.585. The van der Waals surface area contributed by atoms with Crippen molar-refractivity contribution < 1.29 is 0 Å². The molecule has 0 radical (unpaired) electrons. The number of nitrogens with zero attached hydrogens (tertiary/aromatic N) is 2. The molecule has 90 valence electrons. The molecule has 1 heterocycles. The van der Waals surface area contributed by atoms with Gasteiger partial charge in [-0.15, -0.1) is 0 Å². The van der Waals surface area contributed by atoms with Crippen molar-refractivity contribution in [1.29, 1.82) is 0 Å². The van der Waals surface area contributed by atoms with E-state index in [2.05, 4.69) is 37.7 Å². The Morgan fingerprint density at radius 3 is 2.60 bits per heavy atom. The third kappa shape index (κ3) is 3.44. The average Bonchev–Trinajstić information content (AvgIpc) is 2.62. The van der Waals surface area contributed by atoms with Crippen LogP contribution in [-0.4, -0.2) is 55.6 Å². The average molecular weight is 213 g/mol. The van der Waals surface area contributed by atoms with Crippen LogP contribution in [0.15, 0.2) is 0 Å². The first-order valence-corrected chi connectivity index (χ1v) is 6.16. The van der Waals surface area contributed by atoms with Crippen molar-refractivity contribution in [3.05, 3.63) is 0 Å². The molecule has 15 heavy (non-hydrogen) atoms. The van der Waals surface area contributed by atoms with Crippen LogP contribution in [0.4, 0.5) is 0 Å². The Kier molecular flexibility index (Phi) is 5.03. The molecule has 3 heteroatoms. The Morgan fingerprint density at radius 2 is 2.13 bits per heavy atom. The summed E-state index contributed by atoms with van der Waals surface area (Å²) in [6, 6.07) is 1.34. The van der Waals surface area contributed by atoms with Crippen molar-refractivity contribution in [1.82, 2.24) is 9.80 Å². The lowest BCUT2D eigenvalue weighted by Gasteiger charge is -2.33. The zero-order valence-electron chi connectivity index (χ0n) is 10.7. The second kappa shape index (κ2) is 5.83. The van der Waals surface area contributed by atoms with Gasteiger partial charge in [-0.2, -0.15) is 0 Å². The van der Waals surface area contributed by atoms with Gasteiger partial charge >= 0.3 is 0 Å². The quantitative estimate of drug-likeness (QED) is 0.739. The SMILES string of the molecule is CC(CN)C(C)N(C)CC1CCCN1C. The molecule has 1 fully saturated rings. The van der Waals surface area contributed by atoms with E-state index >= 15 is 0 Å². The normalized spacial score (nSPS) is 27.2. The van der Waals surface area contributed by atoms with Crippen molar-refractivity contribution in [3.8, 4) is 0 Å². The van der Waals surface area contributed by atoms with E-state index in [0.717, 1.165) is 12.6 Å². The van der Waals surface area contributed by atoms with E-state index in [4.69, 9.17) is 5.73 Å². The van der Waals surface area contributed by atoms with Crippen LogP contribution < -0.4 is 5.73 Å². The molecule has 0 aromatic heterocycles. The molecule has 0 bridgehead atoms. The lowest BCUT2D eigenvalue weighted by molar-refractivity contribution is 0.154. The zero-order valence-corrected chi connectivity index (χ0v) is 10.7. The molecule has 0 amide bonds. The van der Waals surface area contributed by atoms with Crippen molar-refractivity contribution in [2.24, 2.45) is 11.7 Å². The Morgan fingerprint density at radius 1 is 1.47 bits per heavy atom. The Hall–Kier alpha value is -0.120. The van der Waals surface area contributed by atoms with E-state index in [0.29, 0.717) is 12.0 Å². The van der Waals surface area contributed by atoms with Gasteiger partial charge in [0.25, 0.3) is 0 Å². The fraction of sp³-hybridized carbons (Fsp3) is 1.00. The maximum Gasteiger partial charge on any atom is 0.0220 e. The molecule has 0 aromatic rings. The topological polar surface area (TPSA) is 32.5 Å². The highest BCUT2D eigenvalue weighted by Crippen LogP contribution is 2.17. The Balaban J connectivity index is 2.37. The van der Waals surface area contributed by atoms with Crippen molar-refractivity contribution in [2.45, 2.75) is 38.8 Å². The number of likely N-dealkylation sites (tertiary alicyclic amines) is 1. The fourth-order valence-corrected chi connectivity index (χ4v) is 2.34. The van der Waals surface area contributed by atoms with Crippen LogP contribution in [0, 0.1) is 5.92 Å². The highest BCUT2D eigenvalue weighted by Gasteiger charge is 2.24. The summed E-state index contributed by atoms with van der Waals surface area (Å²) >= 11 is 0. The second-order valence-corrected chi connectivity index (χ2v) is 5.17. The van der Waals surface area contributed by atoms with Crippen LogP contribution in [0.2, 0.25) is 0 Å². The zero-order chi connectivity index (χ0) is 11.4. The molecular weight excluding hydrogens is 186 g/mol. The highest BCUT2D eigenvalue weighted by atomic mass is 15.2. The molecule has 2 N–H and O–H groups in total. The first kappa shape index (κ1) is 12.9. The van der Waals surface area contributed by atoms with Gasteiger partial charge in [0.05, 0.1) is 0 Å². The van der Waals surface area contributed by atoms with Crippen LogP contribution in [0.5, 0.6) is 0 Å². The van der Waals surface area contributed by atoms with Crippen LogP contribution in [-0.2, 0) is 0 Å². The molecule has 0 spiro atoms. The van der Waals surface area contributed by atoms with Crippen LogP contribution >= 0.6 is 0 Å². The Bertz CT molecular complexity index is 184. The Labute approximate surface area is 94.6 Å². The predicted octanol–water partition coefficient (Wildman–Crippen LogP) is 0.996. The number of hydrogen-bond acceptors (Lipinski definition) is 3. The van der Waals surface area contributed by atoms with E-state index in [1.54, 1.807) is 0 Å². The van der Waals surface area contributed by atoms with E-state index in [1.165, 1.54) is 25.9 Å². The molecule has 1 saturated heterocycles. The summed E-state index contributed by atoms with van der Waals surface area (Å²) in [6.07, 6.45) is 2.71. The molecule has 1 aliphatic heterocycles. The fourth-order valence-electron chi connectivity index (χ4n) is 2.34. The lowest BCUT2D eigenvalue weighted by Crippen LogP contribution is -2.44. The first-order chi connectivity index (χ1) is 7.06. The maximum absolute atomic E-state index is 5.71. The summed E-state index contributed by atoms with van der Waals surface area (Å²) < 4.78 is 0. The summed E-state index contributed by atoms with van der Waals surface area (Å²) in [5.41, 5.74) is 5.71. The third-order valence-electron chi connectivity index (χ3n) is 4.06. The second-order valence-electron chi connectivity index (χ2n) is 5.17. The molecule has 0 saturated carbocycles. The van der Waals surface area contributed by atoms with Crippen molar-refractivity contribution >= 4 is 0 Å². The maximum atomic E-state index is 5.71. The molecule has 1 aliphatic rings. The van der Waals surface area contributed by atoms with E-state index in [9.17, 15) is 0 Å². The van der Waals surface area contributed by atoms with Gasteiger partial charge in [0.15, 0.2) is 0 Å². The van der Waals surface area contributed by atoms with Gasteiger partial charge in [-0.3, -0.25) is 0 Å². The van der Waals surface area contributed by atoms with E-state index < -0.39 is 0 Å². The largest absolute Gasteiger partial charge is 0.330 e. The van der Waals surface area contributed by atoms with Crippen LogP contribution in [0.1, 0.15) is 26.7 Å². The highest BCUT2D eigenvalue weighted by molar-refractivity contribution is 4.81. The lowest BCUT2D eigenvalue weighted by atomic mass is 10.0. The van der Waals surface area contributed by atoms with E-state index in [1.807, 2.05) is 0 Å². The minimum atomic E-state index is 0.585. The van der Waals surface area contributed by atoms with Crippen molar-refractivity contribution in [2.75, 3.05) is 33.7 Å². The predicted molar refractivity (Wildman–Crippen MR) is 66.0 cm³/mol. The molecule has 0 aromatic carbocycles. The summed E-state index contributed by atoms with van der Waals surface area (Å²) in [6.45, 7) is 7.75. The van der Waals surface area contributed by atoms with Crippen LogP contribution in [0.25, 0.3) is 0 Å². The number of rotatable bonds is 5. The molecule has 3 unspecified atom stereocenters. The van der Waals surface area contributed by atoms with Gasteiger partial charge in [0, 0.05) is 18.6 Å². The number of hydrogen-bond donors (Lipinski definition) is 1. The standard InChI is InChI=1S/C12H27N3/c1-10(8-13)11(2)15(4)9-12-6-5-7-14(12)3/h10-12H,5-9,13H2,1-4H3. The summed E-state index contributed by atoms with van der Waals surface area (Å²) in [5, 5.41) is 0. The number of nitrogens with two attached hydrogens (primary N) is 1. The molecule has 3 nitrogen and oxygen atoms in total. The first-order valence-electron chi connectivity index (χ1n) is 6.16. The molecule has 3 atom stereocenters. The minimum Gasteiger partial charge on any atom is -0.330 e. The summed E-state index contributed by atoms with van der Waals surface area (Å²) in [4.78, 5) is 4.94. The van der Waals surface area contributed by atoms with Gasteiger partial charge in [-0.25, -0.2) is 0 Å². The van der Waals surface area contributed by atoms with Gasteiger partial charge in [-0.05, 0) is 52.9 Å². The monoisotopic (exact) mass is 213 g/mol. The van der Waals surface area contributed by atoms with Gasteiger partial charge in [0.1, 0.15) is 0 Å². The molecule has 1 rings (SSSR count). The van der Waals surface area contributed by atoms with Crippen LogP contribution in [0.3, 0.4) is 0 Å². The van der Waals surface area contributed by atoms with Crippen molar-refractivity contribution in [3.63, 3.8) is 0 Å². The van der Waals surface area contributed by atoms with Gasteiger partial charge < -0.3 is 15.5 Å². The van der Waals surface area contributed by atoms with Gasteiger partial charge in [0.2, 0.25) is 0 Å². The third-order valence-corrected chi connectivity index (χ3v) is 4.06. The molecule has 0 aliphatic carbocycles. The molecular formula is C12H27N3. The smallest absolute Gasteiger partial charge is 0.0220 e. The summed E-state index contributed by atoms with van der Waals surface area (Å²) in [5.74, 6) is 0.585. The van der Waals surface area contributed by atoms with Gasteiger partial charge in [-0.1, -0.05) is 6.92 Å².